The molecule has 0 spiro atoms. The van der Waals surface area contributed by atoms with Crippen molar-refractivity contribution in [2.24, 2.45) is 0 Å². The molecule has 32 heavy (non-hydrogen) atoms. The lowest BCUT2D eigenvalue weighted by Gasteiger charge is -2.34. The number of methoxy groups -OCH3 is 1. The first-order valence-corrected chi connectivity index (χ1v) is 10.1. The summed E-state index contributed by atoms with van der Waals surface area (Å²) in [6.45, 7) is 0.536. The molecule has 9 heteroatoms. The van der Waals surface area contributed by atoms with E-state index in [-0.39, 0.29) is 18.5 Å². The van der Waals surface area contributed by atoms with Crippen molar-refractivity contribution in [1.29, 1.82) is 5.26 Å². The molecule has 3 N–H and O–H groups in total. The summed E-state index contributed by atoms with van der Waals surface area (Å²) in [4.78, 5) is 34.9. The van der Waals surface area contributed by atoms with Crippen LogP contribution in [-0.4, -0.2) is 40.0 Å². The summed E-state index contributed by atoms with van der Waals surface area (Å²) in [5.41, 5.74) is 3.61. The van der Waals surface area contributed by atoms with E-state index in [0.717, 1.165) is 17.0 Å². The van der Waals surface area contributed by atoms with Crippen LogP contribution in [0.4, 0.5) is 10.5 Å². The molecule has 3 aromatic rings. The lowest BCUT2D eigenvalue weighted by atomic mass is 10.0. The molecule has 1 aliphatic heterocycles. The van der Waals surface area contributed by atoms with E-state index in [1.807, 2.05) is 0 Å². The maximum absolute atomic E-state index is 13.1. The number of carbonyl (C=O) groups is 2. The molecule has 0 bridgehead atoms. The van der Waals surface area contributed by atoms with Crippen molar-refractivity contribution in [1.82, 2.24) is 20.2 Å². The van der Waals surface area contributed by atoms with Crippen LogP contribution in [0.25, 0.3) is 0 Å². The van der Waals surface area contributed by atoms with E-state index in [4.69, 9.17) is 10.00 Å². The minimum atomic E-state index is -0.706. The standard InChI is InChI=1S/C23H22N6O3/c1-32-18-8-6-17(7-9-18)28-23(31)29-13-20-19(26-14-27-20)10-21(29)22(30)25-12-16-4-2-15(11-24)3-5-16/h2-9,14,21H,10,12-13H2,1H3,(H,25,30)(H,26,27)(H,28,31)/t21-/m0/s1. The number of H-pyrrole nitrogens is 1. The van der Waals surface area contributed by atoms with Gasteiger partial charge < -0.3 is 25.3 Å². The van der Waals surface area contributed by atoms with Crippen LogP contribution in [-0.2, 0) is 24.3 Å². The number of nitriles is 1. The van der Waals surface area contributed by atoms with Gasteiger partial charge in [0.25, 0.3) is 0 Å². The van der Waals surface area contributed by atoms with Gasteiger partial charge in [0, 0.05) is 18.7 Å². The highest BCUT2D eigenvalue weighted by Gasteiger charge is 2.36. The van der Waals surface area contributed by atoms with Crippen molar-refractivity contribution in [2.75, 3.05) is 12.4 Å². The quantitative estimate of drug-likeness (QED) is 0.574. The molecule has 3 amide bonds. The van der Waals surface area contributed by atoms with Crippen molar-refractivity contribution < 1.29 is 14.3 Å². The smallest absolute Gasteiger partial charge is 0.322 e. The van der Waals surface area contributed by atoms with Crippen LogP contribution in [0.5, 0.6) is 5.75 Å². The van der Waals surface area contributed by atoms with Crippen LogP contribution in [0.1, 0.15) is 22.5 Å². The SMILES string of the molecule is COc1ccc(NC(=O)N2Cc3[nH]cnc3C[C@H]2C(=O)NCc2ccc(C#N)cc2)cc1. The molecule has 0 saturated carbocycles. The molecule has 1 aliphatic rings. The lowest BCUT2D eigenvalue weighted by molar-refractivity contribution is -0.126. The Hall–Kier alpha value is -4.32. The van der Waals surface area contributed by atoms with Gasteiger partial charge in [-0.3, -0.25) is 4.79 Å². The summed E-state index contributed by atoms with van der Waals surface area (Å²) in [5.74, 6) is 0.413. The fourth-order valence-electron chi connectivity index (χ4n) is 3.56. The number of aromatic nitrogens is 2. The molecule has 2 heterocycles. The van der Waals surface area contributed by atoms with E-state index in [9.17, 15) is 9.59 Å². The van der Waals surface area contributed by atoms with Crippen molar-refractivity contribution in [2.45, 2.75) is 25.6 Å². The number of nitrogens with one attached hydrogen (secondary N) is 3. The van der Waals surface area contributed by atoms with Gasteiger partial charge >= 0.3 is 6.03 Å². The number of imidazole rings is 1. The van der Waals surface area contributed by atoms with E-state index in [1.165, 1.54) is 4.90 Å². The number of amides is 3. The number of fused-ring (bicyclic) bond motifs is 1. The van der Waals surface area contributed by atoms with Gasteiger partial charge in [0.15, 0.2) is 0 Å². The molecule has 4 rings (SSSR count). The zero-order chi connectivity index (χ0) is 22.5. The fourth-order valence-corrected chi connectivity index (χ4v) is 3.56. The number of aromatic amines is 1. The molecule has 1 aromatic heterocycles. The summed E-state index contributed by atoms with van der Waals surface area (Å²) in [6, 6.07) is 14.9. The largest absolute Gasteiger partial charge is 0.497 e. The van der Waals surface area contributed by atoms with Crippen molar-refractivity contribution >= 4 is 17.6 Å². The van der Waals surface area contributed by atoms with Crippen molar-refractivity contribution in [3.8, 4) is 11.8 Å². The summed E-state index contributed by atoms with van der Waals surface area (Å²) in [5, 5.41) is 14.7. The average Bonchev–Trinajstić information content (AvgIpc) is 3.30. The first-order valence-electron chi connectivity index (χ1n) is 10.1. The van der Waals surface area contributed by atoms with Crippen molar-refractivity contribution in [3.63, 3.8) is 0 Å². The van der Waals surface area contributed by atoms with E-state index in [1.54, 1.807) is 62.0 Å². The second-order valence-electron chi connectivity index (χ2n) is 7.36. The number of hydrogen-bond donors (Lipinski definition) is 3. The molecule has 0 saturated heterocycles. The lowest BCUT2D eigenvalue weighted by Crippen LogP contribution is -2.53. The average molecular weight is 430 g/mol. The molecule has 0 fully saturated rings. The van der Waals surface area contributed by atoms with Crippen LogP contribution >= 0.6 is 0 Å². The van der Waals surface area contributed by atoms with Crippen LogP contribution in [0.2, 0.25) is 0 Å². The van der Waals surface area contributed by atoms with E-state index < -0.39 is 6.04 Å². The monoisotopic (exact) mass is 430 g/mol. The number of urea groups is 1. The number of nitrogens with zero attached hydrogens (tertiary/aromatic N) is 3. The van der Waals surface area contributed by atoms with Gasteiger partial charge in [0.05, 0.1) is 43.0 Å². The highest BCUT2D eigenvalue weighted by Crippen LogP contribution is 2.23. The Kier molecular flexibility index (Phi) is 6.03. The van der Waals surface area contributed by atoms with Gasteiger partial charge in [-0.15, -0.1) is 0 Å². The molecular formula is C23H22N6O3. The Morgan fingerprint density at radius 2 is 1.97 bits per heavy atom. The molecule has 0 aliphatic carbocycles. The summed E-state index contributed by atoms with van der Waals surface area (Å²) < 4.78 is 5.14. The number of carbonyl (C=O) groups excluding carboxylic acids is 2. The summed E-state index contributed by atoms with van der Waals surface area (Å²) in [6.07, 6.45) is 1.88. The predicted molar refractivity (Wildman–Crippen MR) is 117 cm³/mol. The number of benzene rings is 2. The van der Waals surface area contributed by atoms with Crippen molar-refractivity contribution in [3.05, 3.63) is 77.4 Å². The topological polar surface area (TPSA) is 123 Å². The predicted octanol–water partition coefficient (Wildman–Crippen LogP) is 2.57. The molecule has 0 radical (unpaired) electrons. The molecule has 2 aromatic carbocycles. The Balaban J connectivity index is 1.47. The second-order valence-corrected chi connectivity index (χ2v) is 7.36. The van der Waals surface area contributed by atoms with Crippen LogP contribution in [0, 0.1) is 11.3 Å². The second kappa shape index (κ2) is 9.22. The third-order valence-electron chi connectivity index (χ3n) is 5.35. The normalized spacial score (nSPS) is 14.8. The first-order chi connectivity index (χ1) is 15.6. The molecule has 162 valence electrons. The maximum Gasteiger partial charge on any atom is 0.322 e. The van der Waals surface area contributed by atoms with E-state index in [0.29, 0.717) is 30.0 Å². The van der Waals surface area contributed by atoms with E-state index >= 15 is 0 Å². The minimum absolute atomic E-state index is 0.242. The Morgan fingerprint density at radius 1 is 1.22 bits per heavy atom. The fraction of sp³-hybridized carbons (Fsp3) is 0.217. The van der Waals surface area contributed by atoms with Crippen LogP contribution < -0.4 is 15.4 Å². The number of anilines is 1. The highest BCUT2D eigenvalue weighted by atomic mass is 16.5. The van der Waals surface area contributed by atoms with Crippen LogP contribution in [0.3, 0.4) is 0 Å². The number of hydrogen-bond acceptors (Lipinski definition) is 5. The molecule has 9 nitrogen and oxygen atoms in total. The van der Waals surface area contributed by atoms with Gasteiger partial charge in [0.1, 0.15) is 11.8 Å². The number of rotatable bonds is 5. The Labute approximate surface area is 185 Å². The summed E-state index contributed by atoms with van der Waals surface area (Å²) in [7, 11) is 1.57. The highest BCUT2D eigenvalue weighted by molar-refractivity contribution is 5.94. The molecule has 1 atom stereocenters. The third-order valence-corrected chi connectivity index (χ3v) is 5.35. The molecule has 0 unspecified atom stereocenters. The van der Waals surface area contributed by atoms with Gasteiger partial charge in [-0.1, -0.05) is 12.1 Å². The number of ether oxygens (including phenoxy) is 1. The van der Waals surface area contributed by atoms with E-state index in [2.05, 4.69) is 26.7 Å². The summed E-state index contributed by atoms with van der Waals surface area (Å²) >= 11 is 0. The maximum atomic E-state index is 13.1. The van der Waals surface area contributed by atoms with Gasteiger partial charge in [-0.05, 0) is 42.0 Å². The minimum Gasteiger partial charge on any atom is -0.497 e. The zero-order valence-corrected chi connectivity index (χ0v) is 17.5. The first kappa shape index (κ1) is 20.9. The Bertz CT molecular complexity index is 1150. The third kappa shape index (κ3) is 4.54. The van der Waals surface area contributed by atoms with Gasteiger partial charge in [-0.25, -0.2) is 9.78 Å². The van der Waals surface area contributed by atoms with Gasteiger partial charge in [0.2, 0.25) is 5.91 Å². The van der Waals surface area contributed by atoms with Gasteiger partial charge in [-0.2, -0.15) is 5.26 Å². The molecular weight excluding hydrogens is 408 g/mol. The zero-order valence-electron chi connectivity index (χ0n) is 17.5. The van der Waals surface area contributed by atoms with Crippen LogP contribution in [0.15, 0.2) is 54.9 Å². The Morgan fingerprint density at radius 3 is 2.66 bits per heavy atom.